The number of ether oxygens (including phenoxy) is 3. The third-order valence-electron chi connectivity index (χ3n) is 26.0. The molecule has 142 heavy (non-hydrogen) atoms. The first-order chi connectivity index (χ1) is 68.3. The standard InChI is InChI=1S/C22H31N5O2.C19H29N5.C19H20N4O.C19H19N3OS.C17H25N5.C14H19N5/c1-15(16-10-11-16)13-18-24-20-9-5-8-19(27(20)25-18)23-14-17-7-6-12-26(17)21(28)29-22(2,3)4;1-14(15-9-10-15)11-16-21-18-8-6-7-17(24(18)22-16)20-12-19(2,3)13-23(4)5;1-13(14-6-7-14)12-17-21-19-5-3-4-18(23(19)22-17)20-15-8-10-16(24-2)11-9-15;1-13(14-9-10-14)11-17-20-18-7-4-8-19(22(18)21-17)24-16-6-3-5-15(12-16)23-2;1-12(13-7-8-13)9-14-20-16-6-4-5-15(22(16)21-14)19-11-17(2,3)10-18;1-10(11-5-6-11)9-12-17-14-4-2-3-13(16-8-7-15)19(14)18-12/h5,8-9,16-17,23H,1,6-7,10-14H2,2-4H3;6-8,15,20H,1,9-13H2,2-5H3;3-5,8-11,14,20H,1,6-7,12H2,2H3;3-8,12,14H,1,9-11H2,2H3;4-6,13,19H,1,7-11,18H2,2-3H3;2-4,11,16H,1,5-9,15H2. The SMILES string of the molecule is C=C(Cc1nc2cccc(NCC(C)(C)CN(C)C)n2n1)C1CC1.C=C(Cc1nc2cccc(NCC(C)(C)CN)n2n1)C1CC1.C=C(Cc1nc2cccc(NCC3CCCN3C(=O)OC(C)(C)C)n2n1)C1CC1.C=C(Cc1nc2cccc(NCCN)n2n1)C1CC1.C=C(Cc1nc2cccc(Nc3ccc(OC)cc3)n2n1)C1CC1.C=C(Cc1nc2cccc(Sc3cccc(OC)c3)n2n1)C1CC1. The molecule has 1 atom stereocenters. The van der Waals surface area contributed by atoms with Gasteiger partial charge in [-0.25, -0.2) is 39.2 Å². The average molecular weight is 1940 g/mol. The minimum Gasteiger partial charge on any atom is -0.497 e. The fourth-order valence-electron chi connectivity index (χ4n) is 17.1. The largest absolute Gasteiger partial charge is 0.497 e. The van der Waals surface area contributed by atoms with Gasteiger partial charge in [0.25, 0.3) is 0 Å². The number of nitrogens with zero attached hydrogens (tertiary/aromatic N) is 20. The highest BCUT2D eigenvalue weighted by atomic mass is 32.2. The Hall–Kier alpha value is -13.3. The van der Waals surface area contributed by atoms with E-state index in [9.17, 15) is 4.79 Å². The van der Waals surface area contributed by atoms with Gasteiger partial charge in [0.1, 0.15) is 51.2 Å². The van der Waals surface area contributed by atoms with Crippen LogP contribution in [0.1, 0.15) is 173 Å². The van der Waals surface area contributed by atoms with Crippen LogP contribution in [0.4, 0.5) is 39.6 Å². The van der Waals surface area contributed by atoms with E-state index in [-0.39, 0.29) is 23.0 Å². The highest BCUT2D eigenvalue weighted by Gasteiger charge is 2.35. The molecule has 13 heterocycles. The van der Waals surface area contributed by atoms with Gasteiger partial charge in [-0.3, -0.25) is 0 Å². The van der Waals surface area contributed by atoms with Crippen molar-refractivity contribution in [3.05, 3.63) is 266 Å². The van der Waals surface area contributed by atoms with Gasteiger partial charge in [0.15, 0.2) is 68.8 Å². The van der Waals surface area contributed by atoms with Crippen LogP contribution in [0.25, 0.3) is 33.9 Å². The first-order valence-electron chi connectivity index (χ1n) is 50.2. The quantitative estimate of drug-likeness (QED) is 0.0176. The molecule has 6 saturated carbocycles. The fraction of sp³-hybridized carbons (Fsp3) is 0.445. The van der Waals surface area contributed by atoms with Crippen LogP contribution in [0.2, 0.25) is 0 Å². The molecule has 21 rings (SSSR count). The van der Waals surface area contributed by atoms with Crippen molar-refractivity contribution >= 4 is 86.5 Å². The molecule has 0 spiro atoms. The van der Waals surface area contributed by atoms with Crippen LogP contribution >= 0.6 is 11.8 Å². The van der Waals surface area contributed by atoms with E-state index in [2.05, 4.69) is 181 Å². The van der Waals surface area contributed by atoms with Crippen LogP contribution in [0.3, 0.4) is 0 Å². The van der Waals surface area contributed by atoms with Crippen LogP contribution in [-0.4, -0.2) is 196 Å². The van der Waals surface area contributed by atoms with Gasteiger partial charge in [-0.2, -0.15) is 22.6 Å². The van der Waals surface area contributed by atoms with Crippen LogP contribution < -0.4 is 47.5 Å². The van der Waals surface area contributed by atoms with Gasteiger partial charge in [-0.15, -0.1) is 30.6 Å². The van der Waals surface area contributed by atoms with E-state index in [4.69, 9.17) is 35.9 Å². The second-order valence-electron chi connectivity index (χ2n) is 41.5. The Labute approximate surface area is 838 Å². The third-order valence-corrected chi connectivity index (χ3v) is 27.0. The number of rotatable bonds is 39. The number of anilines is 6. The van der Waals surface area contributed by atoms with Crippen molar-refractivity contribution in [2.75, 3.05) is 107 Å². The summed E-state index contributed by atoms with van der Waals surface area (Å²) in [5.74, 6) is 15.5. The molecule has 0 bridgehead atoms. The lowest BCUT2D eigenvalue weighted by atomic mass is 9.93. The average Bonchev–Trinajstić information content (AvgIpc) is 1.67. The van der Waals surface area contributed by atoms with Gasteiger partial charge >= 0.3 is 6.09 Å². The van der Waals surface area contributed by atoms with Gasteiger partial charge in [0, 0.05) is 94.9 Å². The summed E-state index contributed by atoms with van der Waals surface area (Å²) in [6.07, 6.45) is 21.5. The summed E-state index contributed by atoms with van der Waals surface area (Å²) in [5.41, 5.74) is 24.7. The molecule has 2 aromatic carbocycles. The molecule has 1 unspecified atom stereocenters. The van der Waals surface area contributed by atoms with Crippen molar-refractivity contribution in [1.82, 2.24) is 97.4 Å². The highest BCUT2D eigenvalue weighted by molar-refractivity contribution is 7.99. The molecule has 32 heteroatoms. The summed E-state index contributed by atoms with van der Waals surface area (Å²) in [6.45, 7) is 45.6. The maximum Gasteiger partial charge on any atom is 0.410 e. The number of hydrogen-bond donors (Lipinski definition) is 7. The first kappa shape index (κ1) is 102. The van der Waals surface area contributed by atoms with Crippen LogP contribution in [0, 0.1) is 46.3 Å². The maximum absolute atomic E-state index is 12.5. The number of methoxy groups -OCH3 is 2. The lowest BCUT2D eigenvalue weighted by Gasteiger charge is -2.28. The smallest absolute Gasteiger partial charge is 0.410 e. The van der Waals surface area contributed by atoms with E-state index < -0.39 is 5.60 Å². The zero-order chi connectivity index (χ0) is 99.9. The number of amides is 1. The Morgan fingerprint density at radius 2 is 0.761 bits per heavy atom. The summed E-state index contributed by atoms with van der Waals surface area (Å²) in [7, 11) is 7.56. The number of carbonyl (C=O) groups is 1. The summed E-state index contributed by atoms with van der Waals surface area (Å²) in [4.78, 5) is 45.4. The number of nitrogens with one attached hydrogen (secondary N) is 5. The number of aromatic nitrogens is 18. The monoisotopic (exact) mass is 1940 g/mol. The lowest BCUT2D eigenvalue weighted by Crippen LogP contribution is -2.42. The van der Waals surface area contributed by atoms with E-state index in [1.54, 1.807) is 26.0 Å². The molecule has 12 aromatic heterocycles. The van der Waals surface area contributed by atoms with Crippen LogP contribution in [0.5, 0.6) is 11.5 Å². The highest BCUT2D eigenvalue weighted by Crippen LogP contribution is 2.42. The third kappa shape index (κ3) is 28.6. The number of likely N-dealkylation sites (tertiary alicyclic amines) is 1. The van der Waals surface area contributed by atoms with Crippen molar-refractivity contribution < 1.29 is 19.0 Å². The zero-order valence-electron chi connectivity index (χ0n) is 84.7. The predicted molar refractivity (Wildman–Crippen MR) is 569 cm³/mol. The van der Waals surface area contributed by atoms with Gasteiger partial charge in [0.05, 0.1) is 20.3 Å². The molecule has 9 N–H and O–H groups in total. The van der Waals surface area contributed by atoms with Gasteiger partial charge in [-0.05, 0) is 293 Å². The van der Waals surface area contributed by atoms with Gasteiger partial charge < -0.3 is 62.1 Å². The molecule has 7 fully saturated rings. The van der Waals surface area contributed by atoms with E-state index in [0.717, 1.165) is 209 Å². The number of carbonyl (C=O) groups excluding carboxylic acids is 1. The summed E-state index contributed by atoms with van der Waals surface area (Å²) < 4.78 is 27.3. The summed E-state index contributed by atoms with van der Waals surface area (Å²) in [6, 6.07) is 51.9. The van der Waals surface area contributed by atoms with Gasteiger partial charge in [-0.1, -0.05) is 155 Å². The second kappa shape index (κ2) is 45.7. The second-order valence-corrected chi connectivity index (χ2v) is 42.6. The van der Waals surface area contributed by atoms with Crippen LogP contribution in [-0.2, 0) is 43.3 Å². The number of pyridine rings is 6. The lowest BCUT2D eigenvalue weighted by molar-refractivity contribution is 0.0234. The molecule has 1 saturated heterocycles. The molecule has 0 radical (unpaired) electrons. The van der Waals surface area contributed by atoms with E-state index >= 15 is 0 Å². The maximum atomic E-state index is 12.5. The van der Waals surface area contributed by atoms with E-state index in [1.165, 1.54) is 110 Å². The minimum atomic E-state index is -0.481. The van der Waals surface area contributed by atoms with Crippen molar-refractivity contribution in [1.29, 1.82) is 0 Å². The molecule has 6 aliphatic carbocycles. The van der Waals surface area contributed by atoms with Crippen LogP contribution in [0.15, 0.2) is 241 Å². The Balaban J connectivity index is 0.000000123. The normalized spacial score (nSPS) is 15.6. The molecule has 7 aliphatic rings. The summed E-state index contributed by atoms with van der Waals surface area (Å²) in [5, 5.41) is 46.1. The molecular formula is C110H143N27O4S. The van der Waals surface area contributed by atoms with E-state index in [1.807, 2.05) is 192 Å². The Kier molecular flexibility index (Phi) is 32.7. The molecule has 14 aromatic rings. The number of fused-ring (bicyclic) bond motifs is 6. The molecular weight excluding hydrogens is 1800 g/mol. The van der Waals surface area contributed by atoms with Crippen molar-refractivity contribution in [3.63, 3.8) is 0 Å². The molecule has 748 valence electrons. The molecule has 1 aliphatic heterocycles. The Bertz CT molecular complexity index is 6760. The predicted octanol–water partition coefficient (Wildman–Crippen LogP) is 19.9. The topological polar surface area (TPSA) is 345 Å². The zero-order valence-corrected chi connectivity index (χ0v) is 85.6. The van der Waals surface area contributed by atoms with Crippen molar-refractivity contribution in [3.8, 4) is 11.5 Å². The number of benzene rings is 2. The van der Waals surface area contributed by atoms with Crippen molar-refractivity contribution in [2.45, 2.75) is 198 Å². The molecule has 1 amide bonds. The summed E-state index contributed by atoms with van der Waals surface area (Å²) >= 11 is 1.66. The first-order valence-corrected chi connectivity index (χ1v) is 51.0. The minimum absolute atomic E-state index is 0.0475. The van der Waals surface area contributed by atoms with Crippen molar-refractivity contribution in [2.24, 2.45) is 57.8 Å². The number of allylic oxidation sites excluding steroid dienone is 6. The number of nitrogens with two attached hydrogens (primary N) is 2. The van der Waals surface area contributed by atoms with E-state index in [0.29, 0.717) is 55.1 Å². The fourth-order valence-corrected chi connectivity index (χ4v) is 18.1. The Morgan fingerprint density at radius 1 is 0.415 bits per heavy atom. The molecule has 31 nitrogen and oxygen atoms in total. The Morgan fingerprint density at radius 3 is 1.13 bits per heavy atom. The number of hydrogen-bond acceptors (Lipinski definition) is 25. The van der Waals surface area contributed by atoms with Gasteiger partial charge in [0.2, 0.25) is 0 Å².